The van der Waals surface area contributed by atoms with E-state index in [-0.39, 0.29) is 0 Å². The number of amides is 2. The summed E-state index contributed by atoms with van der Waals surface area (Å²) in [6.07, 6.45) is 1.44. The van der Waals surface area contributed by atoms with Crippen LogP contribution in [0.5, 0.6) is 5.75 Å². The zero-order valence-corrected chi connectivity index (χ0v) is 18.3. The highest BCUT2D eigenvalue weighted by molar-refractivity contribution is 6.39. The van der Waals surface area contributed by atoms with Gasteiger partial charge in [0, 0.05) is 10.7 Å². The Labute approximate surface area is 195 Å². The minimum Gasteiger partial charge on any atom is -0.489 e. The van der Waals surface area contributed by atoms with E-state index in [0.29, 0.717) is 28.6 Å². The molecule has 0 radical (unpaired) electrons. The normalized spacial score (nSPS) is 10.8. The monoisotopic (exact) mass is 457 g/mol. The molecule has 0 aromatic heterocycles. The van der Waals surface area contributed by atoms with Gasteiger partial charge < -0.3 is 10.1 Å². The third-order valence-corrected chi connectivity index (χ3v) is 5.07. The van der Waals surface area contributed by atoms with E-state index in [1.807, 2.05) is 42.5 Å². The molecule has 33 heavy (non-hydrogen) atoms. The molecule has 0 bridgehead atoms. The lowest BCUT2D eigenvalue weighted by molar-refractivity contribution is -0.136. The molecule has 0 aliphatic heterocycles. The molecule has 4 rings (SSSR count). The highest BCUT2D eigenvalue weighted by atomic mass is 35.5. The van der Waals surface area contributed by atoms with Crippen molar-refractivity contribution in [3.63, 3.8) is 0 Å². The average Bonchev–Trinajstić information content (AvgIpc) is 2.84. The predicted octanol–water partition coefficient (Wildman–Crippen LogP) is 5.16. The van der Waals surface area contributed by atoms with Crippen molar-refractivity contribution in [1.82, 2.24) is 5.43 Å². The van der Waals surface area contributed by atoms with Gasteiger partial charge in [0.25, 0.3) is 0 Å². The van der Waals surface area contributed by atoms with Gasteiger partial charge in [-0.15, -0.1) is 0 Å². The number of ether oxygens (including phenoxy) is 1. The van der Waals surface area contributed by atoms with Crippen LogP contribution in [-0.4, -0.2) is 18.0 Å². The second kappa shape index (κ2) is 10.4. The number of benzene rings is 4. The summed E-state index contributed by atoms with van der Waals surface area (Å²) >= 11 is 5.80. The smallest absolute Gasteiger partial charge is 0.329 e. The average molecular weight is 458 g/mol. The van der Waals surface area contributed by atoms with E-state index >= 15 is 0 Å². The standard InChI is InChI=1S/C26H20ClN3O3/c27-21-11-13-22(14-12-21)29-25(31)26(32)30-28-16-18-5-3-9-23(15-18)33-17-20-8-4-7-19-6-1-2-10-24(19)20/h1-16H,17H2,(H,29,31)(H,30,32)/b28-16+. The number of halogens is 1. The summed E-state index contributed by atoms with van der Waals surface area (Å²) < 4.78 is 5.96. The number of rotatable bonds is 6. The zero-order valence-electron chi connectivity index (χ0n) is 17.5. The van der Waals surface area contributed by atoms with Crippen molar-refractivity contribution < 1.29 is 14.3 Å². The van der Waals surface area contributed by atoms with Gasteiger partial charge in [0.1, 0.15) is 12.4 Å². The first kappa shape index (κ1) is 22.0. The van der Waals surface area contributed by atoms with E-state index < -0.39 is 11.8 Å². The molecule has 0 saturated carbocycles. The van der Waals surface area contributed by atoms with Crippen LogP contribution in [0.15, 0.2) is 96.1 Å². The maximum atomic E-state index is 12.0. The van der Waals surface area contributed by atoms with E-state index in [9.17, 15) is 9.59 Å². The summed E-state index contributed by atoms with van der Waals surface area (Å²) in [6.45, 7) is 0.420. The molecule has 0 fully saturated rings. The lowest BCUT2D eigenvalue weighted by Crippen LogP contribution is -2.32. The molecule has 0 unspecified atom stereocenters. The van der Waals surface area contributed by atoms with E-state index in [1.165, 1.54) is 6.21 Å². The number of hydrogen-bond acceptors (Lipinski definition) is 4. The van der Waals surface area contributed by atoms with E-state index in [1.54, 1.807) is 30.3 Å². The Morgan fingerprint density at radius 2 is 1.64 bits per heavy atom. The quantitative estimate of drug-likeness (QED) is 0.238. The fraction of sp³-hybridized carbons (Fsp3) is 0.0385. The lowest BCUT2D eigenvalue weighted by Gasteiger charge is -2.09. The molecule has 0 atom stereocenters. The Morgan fingerprint density at radius 1 is 0.879 bits per heavy atom. The first-order valence-corrected chi connectivity index (χ1v) is 10.6. The molecular weight excluding hydrogens is 438 g/mol. The van der Waals surface area contributed by atoms with Crippen LogP contribution in [0.25, 0.3) is 10.8 Å². The molecule has 2 amide bonds. The molecule has 0 aliphatic carbocycles. The Morgan fingerprint density at radius 3 is 2.48 bits per heavy atom. The summed E-state index contributed by atoms with van der Waals surface area (Å²) in [5, 5.41) is 9.17. The zero-order chi connectivity index (χ0) is 23.0. The van der Waals surface area contributed by atoms with Crippen LogP contribution in [-0.2, 0) is 16.2 Å². The van der Waals surface area contributed by atoms with E-state index in [4.69, 9.17) is 16.3 Å². The molecule has 0 heterocycles. The van der Waals surface area contributed by atoms with Gasteiger partial charge >= 0.3 is 11.8 Å². The van der Waals surface area contributed by atoms with Crippen molar-refractivity contribution in [3.05, 3.63) is 107 Å². The molecule has 0 aliphatic rings. The highest BCUT2D eigenvalue weighted by Gasteiger charge is 2.12. The number of nitrogens with one attached hydrogen (secondary N) is 2. The molecular formula is C26H20ClN3O3. The summed E-state index contributed by atoms with van der Waals surface area (Å²) in [5.74, 6) is -1.05. The first-order chi connectivity index (χ1) is 16.1. The number of carbonyl (C=O) groups excluding carboxylic acids is 2. The second-order valence-electron chi connectivity index (χ2n) is 7.16. The Bertz CT molecular complexity index is 1310. The van der Waals surface area contributed by atoms with Crippen LogP contribution in [0.3, 0.4) is 0 Å². The molecule has 6 nitrogen and oxygen atoms in total. The van der Waals surface area contributed by atoms with Gasteiger partial charge in [-0.25, -0.2) is 5.43 Å². The van der Waals surface area contributed by atoms with Gasteiger partial charge in [-0.1, -0.05) is 66.2 Å². The predicted molar refractivity (Wildman–Crippen MR) is 131 cm³/mol. The summed E-state index contributed by atoms with van der Waals surface area (Å²) in [7, 11) is 0. The van der Waals surface area contributed by atoms with Gasteiger partial charge in [-0.2, -0.15) is 5.10 Å². The van der Waals surface area contributed by atoms with Crippen LogP contribution in [0.2, 0.25) is 5.02 Å². The van der Waals surface area contributed by atoms with Crippen LogP contribution in [0, 0.1) is 0 Å². The number of nitrogens with zero attached hydrogens (tertiary/aromatic N) is 1. The minimum atomic E-state index is -0.885. The maximum Gasteiger partial charge on any atom is 0.329 e. The first-order valence-electron chi connectivity index (χ1n) is 10.2. The van der Waals surface area contributed by atoms with Crippen LogP contribution in [0.1, 0.15) is 11.1 Å². The van der Waals surface area contributed by atoms with Crippen LogP contribution in [0.4, 0.5) is 5.69 Å². The van der Waals surface area contributed by atoms with Gasteiger partial charge in [0.05, 0.1) is 6.21 Å². The minimum absolute atomic E-state index is 0.420. The van der Waals surface area contributed by atoms with E-state index in [0.717, 1.165) is 16.3 Å². The SMILES string of the molecule is O=C(N/N=C/c1cccc(OCc2cccc3ccccc23)c1)C(=O)Nc1ccc(Cl)cc1. The Hall–Kier alpha value is -4.16. The number of carbonyl (C=O) groups is 2. The van der Waals surface area contributed by atoms with Gasteiger partial charge in [0.2, 0.25) is 0 Å². The van der Waals surface area contributed by atoms with Crippen molar-refractivity contribution in [1.29, 1.82) is 0 Å². The molecule has 0 spiro atoms. The maximum absolute atomic E-state index is 12.0. The Balaban J connectivity index is 1.33. The molecule has 4 aromatic rings. The van der Waals surface area contributed by atoms with Gasteiger partial charge in [-0.3, -0.25) is 9.59 Å². The topological polar surface area (TPSA) is 79.8 Å². The van der Waals surface area contributed by atoms with E-state index in [2.05, 4.69) is 34.0 Å². The molecule has 4 aromatic carbocycles. The van der Waals surface area contributed by atoms with Crippen LogP contribution >= 0.6 is 11.6 Å². The summed E-state index contributed by atoms with van der Waals surface area (Å²) in [6, 6.07) is 28.0. The van der Waals surface area contributed by atoms with Crippen molar-refractivity contribution in [2.45, 2.75) is 6.61 Å². The van der Waals surface area contributed by atoms with Crippen molar-refractivity contribution in [2.24, 2.45) is 5.10 Å². The number of hydrazone groups is 1. The second-order valence-corrected chi connectivity index (χ2v) is 7.60. The van der Waals surface area contributed by atoms with Gasteiger partial charge in [0.15, 0.2) is 0 Å². The number of anilines is 1. The fourth-order valence-electron chi connectivity index (χ4n) is 3.20. The third-order valence-electron chi connectivity index (χ3n) is 4.82. The third kappa shape index (κ3) is 5.96. The molecule has 0 saturated heterocycles. The number of fused-ring (bicyclic) bond motifs is 1. The molecule has 164 valence electrons. The summed E-state index contributed by atoms with van der Waals surface area (Å²) in [5.41, 5.74) is 4.47. The largest absolute Gasteiger partial charge is 0.489 e. The Kier molecular flexibility index (Phi) is 6.97. The van der Waals surface area contributed by atoms with Crippen molar-refractivity contribution in [3.8, 4) is 5.75 Å². The van der Waals surface area contributed by atoms with Crippen molar-refractivity contribution >= 4 is 46.1 Å². The highest BCUT2D eigenvalue weighted by Crippen LogP contribution is 2.21. The summed E-state index contributed by atoms with van der Waals surface area (Å²) in [4.78, 5) is 23.9. The molecule has 2 N–H and O–H groups in total. The van der Waals surface area contributed by atoms with Crippen LogP contribution < -0.4 is 15.5 Å². The fourth-order valence-corrected chi connectivity index (χ4v) is 3.33. The lowest BCUT2D eigenvalue weighted by atomic mass is 10.1. The van der Waals surface area contributed by atoms with Gasteiger partial charge in [-0.05, 0) is 58.3 Å². The molecule has 7 heteroatoms. The number of hydrogen-bond donors (Lipinski definition) is 2. The van der Waals surface area contributed by atoms with Crippen molar-refractivity contribution in [2.75, 3.05) is 5.32 Å².